The Bertz CT molecular complexity index is 1240. The fourth-order valence-corrected chi connectivity index (χ4v) is 3.80. The fourth-order valence-electron chi connectivity index (χ4n) is 3.80. The van der Waals surface area contributed by atoms with Gasteiger partial charge in [0.05, 0.1) is 19.7 Å². The van der Waals surface area contributed by atoms with Gasteiger partial charge in [0.25, 0.3) is 6.47 Å². The molecule has 0 aliphatic rings. The van der Waals surface area contributed by atoms with Gasteiger partial charge in [0.15, 0.2) is 11.5 Å². The van der Waals surface area contributed by atoms with Gasteiger partial charge in [-0.15, -0.1) is 0 Å². The highest BCUT2D eigenvalue weighted by molar-refractivity contribution is 5.86. The third-order valence-electron chi connectivity index (χ3n) is 5.73. The minimum Gasteiger partial charge on any atom is -0.493 e. The number of carboxylic acid groups (broad SMARTS) is 1. The number of aromatic nitrogens is 1. The van der Waals surface area contributed by atoms with Crippen molar-refractivity contribution in [3.05, 3.63) is 95.7 Å². The van der Waals surface area contributed by atoms with Crippen LogP contribution in [0.3, 0.4) is 0 Å². The van der Waals surface area contributed by atoms with E-state index in [4.69, 9.17) is 19.4 Å². The molecule has 3 rings (SSSR count). The fraction of sp³-hybridized carbons (Fsp3) is 0.290. The third-order valence-corrected chi connectivity index (χ3v) is 5.73. The molecule has 0 unspecified atom stereocenters. The number of anilines is 1. The second kappa shape index (κ2) is 14.5. The Balaban J connectivity index is 0.00000153. The number of rotatable bonds is 9. The molecule has 0 bridgehead atoms. The Hall–Kier alpha value is -4.06. The smallest absolute Gasteiger partial charge is 0.290 e. The summed E-state index contributed by atoms with van der Waals surface area (Å²) in [6, 6.07) is 14.6. The van der Waals surface area contributed by atoms with Crippen LogP contribution in [0.5, 0.6) is 11.5 Å². The Morgan fingerprint density at radius 1 is 1.05 bits per heavy atom. The molecule has 37 heavy (non-hydrogen) atoms. The Kier molecular flexibility index (Phi) is 11.4. The predicted octanol–water partition coefficient (Wildman–Crippen LogP) is 7.06. The van der Waals surface area contributed by atoms with Gasteiger partial charge in [0, 0.05) is 29.9 Å². The van der Waals surface area contributed by atoms with E-state index in [-0.39, 0.29) is 11.9 Å². The van der Waals surface area contributed by atoms with E-state index in [1.807, 2.05) is 18.3 Å². The summed E-state index contributed by atoms with van der Waals surface area (Å²) in [6.45, 7) is 9.27. The maximum absolute atomic E-state index is 8.36. The van der Waals surface area contributed by atoms with Crippen molar-refractivity contribution in [2.75, 3.05) is 26.1 Å². The summed E-state index contributed by atoms with van der Waals surface area (Å²) in [5.74, 6) is 1.41. The molecule has 0 saturated carbocycles. The van der Waals surface area contributed by atoms with Crippen LogP contribution in [0.1, 0.15) is 38.8 Å². The number of nitrogens with zero attached hydrogens (tertiary/aromatic N) is 1. The van der Waals surface area contributed by atoms with Gasteiger partial charge >= 0.3 is 0 Å². The first-order chi connectivity index (χ1) is 17.8. The lowest BCUT2D eigenvalue weighted by molar-refractivity contribution is -0.122. The molecule has 3 aromatic rings. The van der Waals surface area contributed by atoms with Crippen molar-refractivity contribution in [2.24, 2.45) is 5.41 Å². The molecule has 0 aliphatic carbocycles. The topological polar surface area (TPSA) is 80.7 Å². The Labute approximate surface area is 220 Å². The number of carbonyl (C=O) groups is 1. The van der Waals surface area contributed by atoms with E-state index in [1.54, 1.807) is 14.2 Å². The van der Waals surface area contributed by atoms with Crippen LogP contribution in [-0.2, 0) is 11.2 Å². The molecule has 0 aliphatic heterocycles. The number of allylic oxidation sites excluding steroid dienone is 5. The average Bonchev–Trinajstić information content (AvgIpc) is 2.88. The lowest BCUT2D eigenvalue weighted by Gasteiger charge is -2.19. The SMILES string of the molecule is C\C=C/C(=C\C=C\CNc1ccc(Cc2ccnc3cc(OC)c(OC)cc23)cc1)C(C)(C)C.O=CO. The summed E-state index contributed by atoms with van der Waals surface area (Å²) in [4.78, 5) is 12.9. The molecule has 196 valence electrons. The first-order valence-corrected chi connectivity index (χ1v) is 12.2. The van der Waals surface area contributed by atoms with Gasteiger partial charge in [0.2, 0.25) is 0 Å². The molecule has 1 heterocycles. The number of methoxy groups -OCH3 is 2. The monoisotopic (exact) mass is 502 g/mol. The van der Waals surface area contributed by atoms with Crippen molar-refractivity contribution in [3.8, 4) is 11.5 Å². The molecule has 0 radical (unpaired) electrons. The van der Waals surface area contributed by atoms with E-state index in [1.165, 1.54) is 16.7 Å². The predicted molar refractivity (Wildman–Crippen MR) is 153 cm³/mol. The highest BCUT2D eigenvalue weighted by Crippen LogP contribution is 2.33. The van der Waals surface area contributed by atoms with E-state index in [0.717, 1.165) is 29.6 Å². The van der Waals surface area contributed by atoms with Crippen molar-refractivity contribution in [3.63, 3.8) is 0 Å². The van der Waals surface area contributed by atoms with E-state index in [2.05, 4.69) is 98.7 Å². The zero-order chi connectivity index (χ0) is 27.3. The van der Waals surface area contributed by atoms with Crippen LogP contribution < -0.4 is 14.8 Å². The number of hydrogen-bond acceptors (Lipinski definition) is 5. The molecule has 0 fully saturated rings. The molecule has 0 saturated heterocycles. The maximum Gasteiger partial charge on any atom is 0.290 e. The van der Waals surface area contributed by atoms with Crippen molar-refractivity contribution >= 4 is 23.1 Å². The van der Waals surface area contributed by atoms with Crippen molar-refractivity contribution in [1.82, 2.24) is 4.98 Å². The van der Waals surface area contributed by atoms with Crippen LogP contribution in [0, 0.1) is 5.41 Å². The van der Waals surface area contributed by atoms with Crippen LogP contribution in [0.4, 0.5) is 5.69 Å². The van der Waals surface area contributed by atoms with E-state index in [9.17, 15) is 0 Å². The summed E-state index contributed by atoms with van der Waals surface area (Å²) < 4.78 is 10.9. The van der Waals surface area contributed by atoms with Gasteiger partial charge in [-0.3, -0.25) is 9.78 Å². The number of pyridine rings is 1. The summed E-state index contributed by atoms with van der Waals surface area (Å²) in [5.41, 5.74) is 5.91. The number of fused-ring (bicyclic) bond motifs is 1. The molecule has 6 heteroatoms. The molecule has 0 atom stereocenters. The second-order valence-electron chi connectivity index (χ2n) is 9.35. The Morgan fingerprint density at radius 3 is 2.30 bits per heavy atom. The normalized spacial score (nSPS) is 11.9. The minimum absolute atomic E-state index is 0.136. The molecule has 6 nitrogen and oxygen atoms in total. The van der Waals surface area contributed by atoms with Gasteiger partial charge in [-0.05, 0) is 59.7 Å². The van der Waals surface area contributed by atoms with Crippen molar-refractivity contribution < 1.29 is 19.4 Å². The van der Waals surface area contributed by atoms with E-state index in [0.29, 0.717) is 11.5 Å². The highest BCUT2D eigenvalue weighted by atomic mass is 16.5. The summed E-state index contributed by atoms with van der Waals surface area (Å²) in [5, 5.41) is 11.4. The summed E-state index contributed by atoms with van der Waals surface area (Å²) in [7, 11) is 3.30. The third kappa shape index (κ3) is 8.83. The lowest BCUT2D eigenvalue weighted by Crippen LogP contribution is -2.07. The van der Waals surface area contributed by atoms with Crippen molar-refractivity contribution in [2.45, 2.75) is 34.1 Å². The quantitative estimate of drug-likeness (QED) is 0.241. The molecule has 0 amide bonds. The molecular weight excluding hydrogens is 464 g/mol. The van der Waals surface area contributed by atoms with Gasteiger partial charge in [-0.2, -0.15) is 0 Å². The minimum atomic E-state index is -0.250. The van der Waals surface area contributed by atoms with E-state index >= 15 is 0 Å². The van der Waals surface area contributed by atoms with Crippen molar-refractivity contribution in [1.29, 1.82) is 0 Å². The van der Waals surface area contributed by atoms with Gasteiger partial charge < -0.3 is 19.9 Å². The van der Waals surface area contributed by atoms with E-state index < -0.39 is 0 Å². The lowest BCUT2D eigenvalue weighted by atomic mass is 9.86. The molecular formula is C31H38N2O4. The highest BCUT2D eigenvalue weighted by Gasteiger charge is 2.13. The van der Waals surface area contributed by atoms with Gasteiger partial charge in [0.1, 0.15) is 0 Å². The molecule has 0 spiro atoms. The zero-order valence-electron chi connectivity index (χ0n) is 22.6. The molecule has 2 aromatic carbocycles. The second-order valence-corrected chi connectivity index (χ2v) is 9.35. The maximum atomic E-state index is 8.36. The summed E-state index contributed by atoms with van der Waals surface area (Å²) in [6.07, 6.45) is 13.4. The standard InChI is InChI=1S/C30H36N2O2.CH2O2/c1-7-10-24(30(2,3)4)11-8-9-17-31-25-14-12-22(13-15-25)19-23-16-18-32-27-21-29(34-6)28(33-5)20-26(23)27;2-1-3/h7-16,18,20-21,31H,17,19H2,1-6H3;1H,(H,2,3)/b9-8+,10-7-,24-11+;. The van der Waals surface area contributed by atoms with Crippen LogP contribution in [-0.4, -0.2) is 37.3 Å². The number of hydrogen-bond donors (Lipinski definition) is 2. The van der Waals surface area contributed by atoms with Gasteiger partial charge in [-0.1, -0.05) is 63.3 Å². The first kappa shape index (κ1) is 29.2. The number of ether oxygens (including phenoxy) is 2. The van der Waals surface area contributed by atoms with Crippen LogP contribution >= 0.6 is 0 Å². The van der Waals surface area contributed by atoms with Crippen LogP contribution in [0.2, 0.25) is 0 Å². The number of benzene rings is 2. The molecule has 1 aromatic heterocycles. The van der Waals surface area contributed by atoms with Crippen LogP contribution in [0.25, 0.3) is 10.9 Å². The average molecular weight is 503 g/mol. The largest absolute Gasteiger partial charge is 0.493 e. The zero-order valence-corrected chi connectivity index (χ0v) is 22.6. The first-order valence-electron chi connectivity index (χ1n) is 12.2. The summed E-state index contributed by atoms with van der Waals surface area (Å²) >= 11 is 0. The Morgan fingerprint density at radius 2 is 1.70 bits per heavy atom. The molecule has 2 N–H and O–H groups in total. The number of nitrogens with one attached hydrogen (secondary N) is 1. The van der Waals surface area contributed by atoms with Gasteiger partial charge in [-0.25, -0.2) is 0 Å². The van der Waals surface area contributed by atoms with Crippen LogP contribution in [0.15, 0.2) is 84.6 Å².